The molecular weight excluding hydrogens is 344 g/mol. The van der Waals surface area contributed by atoms with Crippen LogP contribution >= 0.6 is 0 Å². The molecule has 0 spiro atoms. The average molecular weight is 364 g/mol. The van der Waals surface area contributed by atoms with Gasteiger partial charge in [0.05, 0.1) is 6.61 Å². The Balaban J connectivity index is 1.64. The van der Waals surface area contributed by atoms with E-state index in [0.29, 0.717) is 6.61 Å². The monoisotopic (exact) mass is 364 g/mol. The van der Waals surface area contributed by atoms with E-state index < -0.39 is 0 Å². The van der Waals surface area contributed by atoms with Gasteiger partial charge < -0.3 is 9.84 Å². The van der Waals surface area contributed by atoms with Gasteiger partial charge in [-0.15, -0.1) is 0 Å². The molecule has 0 bridgehead atoms. The highest BCUT2D eigenvalue weighted by Crippen LogP contribution is 2.34. The van der Waals surface area contributed by atoms with Gasteiger partial charge in [-0.2, -0.15) is 0 Å². The molecule has 0 fully saturated rings. The summed E-state index contributed by atoms with van der Waals surface area (Å²) < 4.78 is 5.56. The zero-order valence-corrected chi connectivity index (χ0v) is 15.4. The molecule has 28 heavy (non-hydrogen) atoms. The minimum atomic E-state index is 0.0177. The SMILES string of the molecule is OCCOc1ccc2c(-c3ccc4c(ccc5ccccc54)c3)cccc2c1. The Bertz CT molecular complexity index is 1300. The molecule has 5 rings (SSSR count). The summed E-state index contributed by atoms with van der Waals surface area (Å²) in [5.41, 5.74) is 2.42. The molecule has 136 valence electrons. The maximum absolute atomic E-state index is 8.96. The molecule has 0 unspecified atom stereocenters. The molecule has 5 aromatic carbocycles. The van der Waals surface area contributed by atoms with Crippen LogP contribution in [0.5, 0.6) is 5.75 Å². The summed E-state index contributed by atoms with van der Waals surface area (Å²) in [4.78, 5) is 0. The standard InChI is InChI=1S/C26H20O2/c27-14-15-28-22-11-13-26-19(17-22)5-3-7-24(26)21-10-12-25-20(16-21)9-8-18-4-1-2-6-23(18)25/h1-13,16-17,27H,14-15H2. The van der Waals surface area contributed by atoms with E-state index in [1.54, 1.807) is 0 Å². The lowest BCUT2D eigenvalue weighted by Crippen LogP contribution is -2.01. The van der Waals surface area contributed by atoms with E-state index in [4.69, 9.17) is 9.84 Å². The number of rotatable bonds is 4. The summed E-state index contributed by atoms with van der Waals surface area (Å²) in [5.74, 6) is 0.781. The van der Waals surface area contributed by atoms with Crippen molar-refractivity contribution in [3.63, 3.8) is 0 Å². The van der Waals surface area contributed by atoms with Crippen LogP contribution in [0.1, 0.15) is 0 Å². The second-order valence-electron chi connectivity index (χ2n) is 6.98. The number of hydrogen-bond donors (Lipinski definition) is 1. The Morgan fingerprint density at radius 1 is 0.607 bits per heavy atom. The zero-order valence-electron chi connectivity index (χ0n) is 15.4. The van der Waals surface area contributed by atoms with E-state index in [9.17, 15) is 0 Å². The number of hydrogen-bond acceptors (Lipinski definition) is 2. The van der Waals surface area contributed by atoms with Gasteiger partial charge in [0.2, 0.25) is 0 Å². The summed E-state index contributed by atoms with van der Waals surface area (Å²) in [7, 11) is 0. The smallest absolute Gasteiger partial charge is 0.120 e. The van der Waals surface area contributed by atoms with Crippen LogP contribution in [0.2, 0.25) is 0 Å². The number of fused-ring (bicyclic) bond motifs is 4. The fraction of sp³-hybridized carbons (Fsp3) is 0.0769. The van der Waals surface area contributed by atoms with Crippen LogP contribution in [0.3, 0.4) is 0 Å². The molecule has 5 aromatic rings. The quantitative estimate of drug-likeness (QED) is 0.386. The topological polar surface area (TPSA) is 29.5 Å². The highest BCUT2D eigenvalue weighted by Gasteiger charge is 2.07. The minimum Gasteiger partial charge on any atom is -0.491 e. The van der Waals surface area contributed by atoms with Crippen LogP contribution in [-0.2, 0) is 0 Å². The molecule has 0 heterocycles. The maximum atomic E-state index is 8.96. The third-order valence-corrected chi connectivity index (χ3v) is 5.27. The maximum Gasteiger partial charge on any atom is 0.120 e. The summed E-state index contributed by atoms with van der Waals surface area (Å²) in [6, 6.07) is 32.1. The first-order chi connectivity index (χ1) is 13.8. The predicted molar refractivity (Wildman–Crippen MR) is 117 cm³/mol. The Labute approximate surface area is 163 Å². The number of benzene rings is 5. The van der Waals surface area contributed by atoms with Crippen molar-refractivity contribution >= 4 is 32.3 Å². The fourth-order valence-corrected chi connectivity index (χ4v) is 3.95. The van der Waals surface area contributed by atoms with Crippen molar-refractivity contribution in [1.82, 2.24) is 0 Å². The van der Waals surface area contributed by atoms with Crippen LogP contribution in [0.15, 0.2) is 91.0 Å². The third-order valence-electron chi connectivity index (χ3n) is 5.27. The molecule has 0 aromatic heterocycles. The van der Waals surface area contributed by atoms with E-state index in [2.05, 4.69) is 78.9 Å². The van der Waals surface area contributed by atoms with Crippen LogP contribution in [-0.4, -0.2) is 18.3 Å². The van der Waals surface area contributed by atoms with Gasteiger partial charge in [0.1, 0.15) is 12.4 Å². The van der Waals surface area contributed by atoms with E-state index in [1.807, 2.05) is 12.1 Å². The fourth-order valence-electron chi connectivity index (χ4n) is 3.95. The van der Waals surface area contributed by atoms with Crippen molar-refractivity contribution in [2.24, 2.45) is 0 Å². The van der Waals surface area contributed by atoms with Gasteiger partial charge in [-0.05, 0) is 61.6 Å². The molecule has 2 heteroatoms. The van der Waals surface area contributed by atoms with Gasteiger partial charge in [-0.25, -0.2) is 0 Å². The molecule has 0 radical (unpaired) electrons. The largest absolute Gasteiger partial charge is 0.491 e. The molecule has 0 saturated heterocycles. The summed E-state index contributed by atoms with van der Waals surface area (Å²) in [5, 5.41) is 16.4. The molecule has 0 amide bonds. The number of aliphatic hydroxyl groups is 1. The Morgan fingerprint density at radius 3 is 2.29 bits per heavy atom. The van der Waals surface area contributed by atoms with Crippen molar-refractivity contribution in [2.75, 3.05) is 13.2 Å². The summed E-state index contributed by atoms with van der Waals surface area (Å²) >= 11 is 0. The van der Waals surface area contributed by atoms with E-state index in [-0.39, 0.29) is 6.61 Å². The van der Waals surface area contributed by atoms with Crippen LogP contribution < -0.4 is 4.74 Å². The van der Waals surface area contributed by atoms with Crippen molar-refractivity contribution in [3.05, 3.63) is 91.0 Å². The molecule has 0 aliphatic rings. The highest BCUT2D eigenvalue weighted by molar-refractivity contribution is 6.09. The van der Waals surface area contributed by atoms with E-state index >= 15 is 0 Å². The lowest BCUT2D eigenvalue weighted by atomic mass is 9.94. The summed E-state index contributed by atoms with van der Waals surface area (Å²) in [6.07, 6.45) is 0. The molecule has 0 aliphatic heterocycles. The Hall–Kier alpha value is -3.36. The second kappa shape index (κ2) is 6.99. The predicted octanol–water partition coefficient (Wildman–Crippen LogP) is 6.18. The Kier molecular flexibility index (Phi) is 4.19. The lowest BCUT2D eigenvalue weighted by molar-refractivity contribution is 0.201. The Morgan fingerprint density at radius 2 is 1.36 bits per heavy atom. The first kappa shape index (κ1) is 16.8. The molecule has 1 N–H and O–H groups in total. The first-order valence-electron chi connectivity index (χ1n) is 9.52. The minimum absolute atomic E-state index is 0.0177. The van der Waals surface area contributed by atoms with Gasteiger partial charge in [-0.1, -0.05) is 72.8 Å². The molecule has 0 atom stereocenters. The van der Waals surface area contributed by atoms with Gasteiger partial charge in [-0.3, -0.25) is 0 Å². The van der Waals surface area contributed by atoms with Crippen molar-refractivity contribution in [2.45, 2.75) is 0 Å². The molecule has 0 saturated carbocycles. The van der Waals surface area contributed by atoms with Crippen LogP contribution in [0.25, 0.3) is 43.4 Å². The van der Waals surface area contributed by atoms with E-state index in [0.717, 1.165) is 11.1 Å². The zero-order chi connectivity index (χ0) is 18.9. The highest BCUT2D eigenvalue weighted by atomic mass is 16.5. The van der Waals surface area contributed by atoms with Crippen molar-refractivity contribution < 1.29 is 9.84 Å². The third kappa shape index (κ3) is 2.88. The second-order valence-corrected chi connectivity index (χ2v) is 6.98. The first-order valence-corrected chi connectivity index (χ1v) is 9.52. The molecule has 2 nitrogen and oxygen atoms in total. The summed E-state index contributed by atoms with van der Waals surface area (Å²) in [6.45, 7) is 0.327. The molecule has 0 aliphatic carbocycles. The van der Waals surface area contributed by atoms with Crippen LogP contribution in [0, 0.1) is 0 Å². The number of ether oxygens (including phenoxy) is 1. The number of aliphatic hydroxyl groups excluding tert-OH is 1. The lowest BCUT2D eigenvalue weighted by Gasteiger charge is -2.11. The van der Waals surface area contributed by atoms with Crippen molar-refractivity contribution in [3.8, 4) is 16.9 Å². The van der Waals surface area contributed by atoms with Gasteiger partial charge in [0.15, 0.2) is 0 Å². The average Bonchev–Trinajstić information content (AvgIpc) is 2.76. The van der Waals surface area contributed by atoms with Gasteiger partial charge >= 0.3 is 0 Å². The van der Waals surface area contributed by atoms with Crippen LogP contribution in [0.4, 0.5) is 0 Å². The van der Waals surface area contributed by atoms with Crippen molar-refractivity contribution in [1.29, 1.82) is 0 Å². The van der Waals surface area contributed by atoms with E-state index in [1.165, 1.54) is 38.1 Å². The van der Waals surface area contributed by atoms with Gasteiger partial charge in [0.25, 0.3) is 0 Å². The normalized spacial score (nSPS) is 11.3. The molecular formula is C26H20O2. The van der Waals surface area contributed by atoms with Gasteiger partial charge in [0, 0.05) is 0 Å².